The molecule has 2 aliphatic rings. The van der Waals surface area contributed by atoms with Crippen LogP contribution in [-0.2, 0) is 0 Å². The second-order valence-electron chi connectivity index (χ2n) is 6.14. The fraction of sp³-hybridized carbons (Fsp3) is 1.00. The molecule has 0 radical (unpaired) electrons. The van der Waals surface area contributed by atoms with Crippen LogP contribution in [0.1, 0.15) is 52.4 Å². The van der Waals surface area contributed by atoms with Gasteiger partial charge in [0.15, 0.2) is 0 Å². The third-order valence-corrected chi connectivity index (χ3v) is 4.30. The van der Waals surface area contributed by atoms with Gasteiger partial charge in [-0.15, -0.1) is 0 Å². The van der Waals surface area contributed by atoms with E-state index in [4.69, 9.17) is 0 Å². The SMILES string of the molecule is CC1CCCC(CN2CCCC(C)C2)C1. The van der Waals surface area contributed by atoms with Gasteiger partial charge in [0.05, 0.1) is 0 Å². The molecule has 0 aromatic heterocycles. The van der Waals surface area contributed by atoms with E-state index in [1.807, 2.05) is 0 Å². The van der Waals surface area contributed by atoms with Gasteiger partial charge in [-0.25, -0.2) is 0 Å². The summed E-state index contributed by atoms with van der Waals surface area (Å²) in [6.45, 7) is 8.98. The molecule has 15 heavy (non-hydrogen) atoms. The normalized spacial score (nSPS) is 39.2. The number of hydrogen-bond donors (Lipinski definition) is 0. The van der Waals surface area contributed by atoms with E-state index in [9.17, 15) is 0 Å². The molecule has 3 atom stereocenters. The Kier molecular flexibility index (Phi) is 4.07. The summed E-state index contributed by atoms with van der Waals surface area (Å²) in [6.07, 6.45) is 8.84. The van der Waals surface area contributed by atoms with Crippen LogP contribution in [0.25, 0.3) is 0 Å². The fourth-order valence-electron chi connectivity index (χ4n) is 3.54. The smallest absolute Gasteiger partial charge is 0.000987 e. The third-order valence-electron chi connectivity index (χ3n) is 4.30. The summed E-state index contributed by atoms with van der Waals surface area (Å²) in [5.41, 5.74) is 0. The highest BCUT2D eigenvalue weighted by Gasteiger charge is 2.23. The van der Waals surface area contributed by atoms with Gasteiger partial charge in [0.2, 0.25) is 0 Å². The van der Waals surface area contributed by atoms with Gasteiger partial charge < -0.3 is 4.90 Å². The first-order valence-electron chi connectivity index (χ1n) is 6.96. The van der Waals surface area contributed by atoms with Gasteiger partial charge in [-0.3, -0.25) is 0 Å². The van der Waals surface area contributed by atoms with E-state index >= 15 is 0 Å². The summed E-state index contributed by atoms with van der Waals surface area (Å²) in [5.74, 6) is 2.95. The van der Waals surface area contributed by atoms with Crippen molar-refractivity contribution in [3.63, 3.8) is 0 Å². The van der Waals surface area contributed by atoms with Gasteiger partial charge in [0, 0.05) is 13.1 Å². The van der Waals surface area contributed by atoms with Gasteiger partial charge in [0.25, 0.3) is 0 Å². The Bertz CT molecular complexity index is 170. The topological polar surface area (TPSA) is 3.24 Å². The molecular formula is C14H27N. The summed E-state index contributed by atoms with van der Waals surface area (Å²) in [6, 6.07) is 0. The molecular weight excluding hydrogens is 182 g/mol. The predicted molar refractivity (Wildman–Crippen MR) is 66.0 cm³/mol. The minimum atomic E-state index is 0.944. The van der Waals surface area contributed by atoms with Crippen LogP contribution in [0.5, 0.6) is 0 Å². The molecule has 88 valence electrons. The standard InChI is InChI=1S/C14H27N/c1-12-5-3-7-14(9-12)11-15-8-4-6-13(2)10-15/h12-14H,3-11H2,1-2H3. The lowest BCUT2D eigenvalue weighted by atomic mass is 9.82. The maximum Gasteiger partial charge on any atom is 0.000987 e. The van der Waals surface area contributed by atoms with E-state index in [0.717, 1.165) is 17.8 Å². The Labute approximate surface area is 95.2 Å². The number of piperidine rings is 1. The van der Waals surface area contributed by atoms with E-state index in [1.54, 1.807) is 0 Å². The van der Waals surface area contributed by atoms with Gasteiger partial charge in [-0.1, -0.05) is 26.7 Å². The van der Waals surface area contributed by atoms with Crippen molar-refractivity contribution >= 4 is 0 Å². The Morgan fingerprint density at radius 1 is 1.00 bits per heavy atom. The number of hydrogen-bond acceptors (Lipinski definition) is 1. The van der Waals surface area contributed by atoms with Crippen molar-refractivity contribution in [1.82, 2.24) is 4.90 Å². The molecule has 1 aliphatic carbocycles. The van der Waals surface area contributed by atoms with E-state index in [2.05, 4.69) is 18.7 Å². The molecule has 0 amide bonds. The molecule has 1 aliphatic heterocycles. The summed E-state index contributed by atoms with van der Waals surface area (Å²) in [5, 5.41) is 0. The first kappa shape index (κ1) is 11.4. The van der Waals surface area contributed by atoms with Crippen LogP contribution in [0, 0.1) is 17.8 Å². The molecule has 3 unspecified atom stereocenters. The maximum atomic E-state index is 2.73. The molecule has 0 bridgehead atoms. The molecule has 1 saturated heterocycles. The Morgan fingerprint density at radius 3 is 2.53 bits per heavy atom. The summed E-state index contributed by atoms with van der Waals surface area (Å²) < 4.78 is 0. The molecule has 1 saturated carbocycles. The lowest BCUT2D eigenvalue weighted by molar-refractivity contribution is 0.133. The summed E-state index contributed by atoms with van der Waals surface area (Å²) in [7, 11) is 0. The van der Waals surface area contributed by atoms with Crippen molar-refractivity contribution in [1.29, 1.82) is 0 Å². The fourth-order valence-corrected chi connectivity index (χ4v) is 3.54. The van der Waals surface area contributed by atoms with Crippen molar-refractivity contribution in [3.05, 3.63) is 0 Å². The summed E-state index contributed by atoms with van der Waals surface area (Å²) >= 11 is 0. The highest BCUT2D eigenvalue weighted by molar-refractivity contribution is 4.77. The van der Waals surface area contributed by atoms with Crippen LogP contribution in [0.2, 0.25) is 0 Å². The van der Waals surface area contributed by atoms with E-state index < -0.39 is 0 Å². The molecule has 1 heterocycles. The Hall–Kier alpha value is -0.0400. The average molecular weight is 209 g/mol. The average Bonchev–Trinajstić information content (AvgIpc) is 2.17. The van der Waals surface area contributed by atoms with Gasteiger partial charge in [0.1, 0.15) is 0 Å². The molecule has 0 aromatic rings. The van der Waals surface area contributed by atoms with Gasteiger partial charge in [-0.05, 0) is 50.0 Å². The van der Waals surface area contributed by atoms with Crippen LogP contribution in [0.3, 0.4) is 0 Å². The minimum Gasteiger partial charge on any atom is -0.303 e. The molecule has 0 aromatic carbocycles. The largest absolute Gasteiger partial charge is 0.303 e. The first-order chi connectivity index (χ1) is 7.24. The molecule has 1 nitrogen and oxygen atoms in total. The Balaban J connectivity index is 1.75. The van der Waals surface area contributed by atoms with Crippen LogP contribution in [0.4, 0.5) is 0 Å². The van der Waals surface area contributed by atoms with Gasteiger partial charge >= 0.3 is 0 Å². The minimum absolute atomic E-state index is 0.944. The van der Waals surface area contributed by atoms with Crippen molar-refractivity contribution < 1.29 is 0 Å². The number of rotatable bonds is 2. The van der Waals surface area contributed by atoms with Crippen LogP contribution < -0.4 is 0 Å². The maximum absolute atomic E-state index is 2.73. The molecule has 0 spiro atoms. The highest BCUT2D eigenvalue weighted by Crippen LogP contribution is 2.30. The quantitative estimate of drug-likeness (QED) is 0.672. The van der Waals surface area contributed by atoms with Crippen molar-refractivity contribution in [2.45, 2.75) is 52.4 Å². The van der Waals surface area contributed by atoms with Crippen molar-refractivity contribution in [2.75, 3.05) is 19.6 Å². The molecule has 1 heteroatoms. The molecule has 0 N–H and O–H groups in total. The lowest BCUT2D eigenvalue weighted by Gasteiger charge is -2.36. The predicted octanol–water partition coefficient (Wildman–Crippen LogP) is 3.54. The van der Waals surface area contributed by atoms with Crippen molar-refractivity contribution in [2.24, 2.45) is 17.8 Å². The number of nitrogens with zero attached hydrogens (tertiary/aromatic N) is 1. The number of likely N-dealkylation sites (tertiary alicyclic amines) is 1. The monoisotopic (exact) mass is 209 g/mol. The van der Waals surface area contributed by atoms with E-state index in [1.165, 1.54) is 58.2 Å². The van der Waals surface area contributed by atoms with E-state index in [-0.39, 0.29) is 0 Å². The molecule has 2 rings (SSSR count). The summed E-state index contributed by atoms with van der Waals surface area (Å²) in [4.78, 5) is 2.73. The first-order valence-corrected chi connectivity index (χ1v) is 6.96. The zero-order chi connectivity index (χ0) is 10.7. The van der Waals surface area contributed by atoms with Crippen LogP contribution in [-0.4, -0.2) is 24.5 Å². The van der Waals surface area contributed by atoms with E-state index in [0.29, 0.717) is 0 Å². The lowest BCUT2D eigenvalue weighted by Crippen LogP contribution is -2.38. The van der Waals surface area contributed by atoms with Crippen LogP contribution >= 0.6 is 0 Å². The van der Waals surface area contributed by atoms with Gasteiger partial charge in [-0.2, -0.15) is 0 Å². The third kappa shape index (κ3) is 3.48. The highest BCUT2D eigenvalue weighted by atomic mass is 15.1. The second-order valence-corrected chi connectivity index (χ2v) is 6.14. The molecule has 2 fully saturated rings. The second kappa shape index (κ2) is 5.34. The van der Waals surface area contributed by atoms with Crippen molar-refractivity contribution in [3.8, 4) is 0 Å². The zero-order valence-corrected chi connectivity index (χ0v) is 10.5. The van der Waals surface area contributed by atoms with Crippen LogP contribution in [0.15, 0.2) is 0 Å². The zero-order valence-electron chi connectivity index (χ0n) is 10.5. The Morgan fingerprint density at radius 2 is 1.80 bits per heavy atom.